The summed E-state index contributed by atoms with van der Waals surface area (Å²) in [5.74, 6) is 0. The van der Waals surface area contributed by atoms with E-state index in [2.05, 4.69) is 10.6 Å². The molecule has 140 valence electrons. The first-order chi connectivity index (χ1) is 12.3. The third kappa shape index (κ3) is 5.71. The second-order valence-electron chi connectivity index (χ2n) is 5.78. The fraction of sp³-hybridized carbons (Fsp3) is 0.278. The summed E-state index contributed by atoms with van der Waals surface area (Å²) >= 11 is 6.04. The van der Waals surface area contributed by atoms with Crippen LogP contribution in [-0.4, -0.2) is 33.9 Å². The molecule has 0 heterocycles. The van der Waals surface area contributed by atoms with Crippen molar-refractivity contribution in [2.75, 3.05) is 19.5 Å². The van der Waals surface area contributed by atoms with Crippen molar-refractivity contribution in [2.24, 2.45) is 0 Å². The summed E-state index contributed by atoms with van der Waals surface area (Å²) in [4.78, 5) is 12.2. The molecule has 0 spiro atoms. The second-order valence-corrected chi connectivity index (χ2v) is 8.20. The highest BCUT2D eigenvalue weighted by molar-refractivity contribution is 7.90. The quantitative estimate of drug-likeness (QED) is 0.751. The smallest absolute Gasteiger partial charge is 0.315 e. The van der Waals surface area contributed by atoms with Crippen LogP contribution >= 0.6 is 11.6 Å². The molecule has 2 N–H and O–H groups in total. The van der Waals surface area contributed by atoms with E-state index >= 15 is 0 Å². The number of carbonyl (C=O) groups is 1. The zero-order valence-corrected chi connectivity index (χ0v) is 15.8. The molecule has 26 heavy (non-hydrogen) atoms. The lowest BCUT2D eigenvalue weighted by atomic mass is 9.99. The number of sulfone groups is 1. The van der Waals surface area contributed by atoms with Gasteiger partial charge in [0.1, 0.15) is 6.67 Å². The number of hydrogen-bond donors (Lipinski definition) is 2. The summed E-state index contributed by atoms with van der Waals surface area (Å²) in [7, 11) is -3.42. The van der Waals surface area contributed by atoms with E-state index in [0.717, 1.165) is 11.8 Å². The topological polar surface area (TPSA) is 75.3 Å². The Morgan fingerprint density at radius 3 is 2.58 bits per heavy atom. The molecule has 2 aromatic rings. The molecule has 0 bridgehead atoms. The first kappa shape index (κ1) is 20.2. The summed E-state index contributed by atoms with van der Waals surface area (Å²) in [6, 6.07) is 12.5. The molecule has 0 aromatic heterocycles. The van der Waals surface area contributed by atoms with Crippen LogP contribution in [0.15, 0.2) is 53.4 Å². The van der Waals surface area contributed by atoms with Crippen LogP contribution < -0.4 is 10.6 Å². The zero-order chi connectivity index (χ0) is 19.2. The number of carbonyl (C=O) groups excluding carboxylic acids is 1. The molecular formula is C18H20ClFN2O3S. The molecular weight excluding hydrogens is 379 g/mol. The highest BCUT2D eigenvalue weighted by Gasteiger charge is 2.20. The van der Waals surface area contributed by atoms with Crippen LogP contribution in [0, 0.1) is 0 Å². The standard InChI is InChI=1S/C18H20ClFN2O3S/c1-26(24,25)17-8-3-2-5-14(17)12-16(22-18(23)21-10-9-20)13-6-4-7-15(19)11-13/h2-8,11,16H,9-10,12H2,1H3,(H2,21,22,23). The maximum Gasteiger partial charge on any atom is 0.315 e. The van der Waals surface area contributed by atoms with E-state index in [0.29, 0.717) is 10.6 Å². The van der Waals surface area contributed by atoms with Gasteiger partial charge in [-0.2, -0.15) is 0 Å². The summed E-state index contributed by atoms with van der Waals surface area (Å²) in [6.45, 7) is -0.778. The van der Waals surface area contributed by atoms with Crippen molar-refractivity contribution in [3.8, 4) is 0 Å². The van der Waals surface area contributed by atoms with Gasteiger partial charge in [-0.05, 0) is 35.7 Å². The van der Waals surface area contributed by atoms with Crippen molar-refractivity contribution in [2.45, 2.75) is 17.4 Å². The number of rotatable bonds is 7. The number of amides is 2. The molecule has 8 heteroatoms. The molecule has 0 fully saturated rings. The molecule has 0 aliphatic carbocycles. The number of urea groups is 1. The van der Waals surface area contributed by atoms with Crippen LogP contribution in [0.2, 0.25) is 5.02 Å². The Morgan fingerprint density at radius 2 is 1.92 bits per heavy atom. The summed E-state index contributed by atoms with van der Waals surface area (Å²) < 4.78 is 36.3. The molecule has 0 saturated heterocycles. The third-order valence-corrected chi connectivity index (χ3v) is 5.16. The van der Waals surface area contributed by atoms with Crippen LogP contribution in [0.3, 0.4) is 0 Å². The van der Waals surface area contributed by atoms with E-state index in [9.17, 15) is 17.6 Å². The van der Waals surface area contributed by atoms with Gasteiger partial charge >= 0.3 is 6.03 Å². The number of nitrogens with one attached hydrogen (secondary N) is 2. The van der Waals surface area contributed by atoms with Crippen LogP contribution in [0.1, 0.15) is 17.2 Å². The number of alkyl halides is 1. The Kier molecular flexibility index (Phi) is 6.99. The van der Waals surface area contributed by atoms with Crippen molar-refractivity contribution >= 4 is 27.5 Å². The number of benzene rings is 2. The van der Waals surface area contributed by atoms with Gasteiger partial charge in [0.05, 0.1) is 10.9 Å². The molecule has 5 nitrogen and oxygen atoms in total. The minimum absolute atomic E-state index is 0.103. The fourth-order valence-corrected chi connectivity index (χ4v) is 3.75. The molecule has 1 unspecified atom stereocenters. The Labute approximate surface area is 157 Å². The lowest BCUT2D eigenvalue weighted by Gasteiger charge is -2.21. The number of halogens is 2. The van der Waals surface area contributed by atoms with Crippen molar-refractivity contribution < 1.29 is 17.6 Å². The van der Waals surface area contributed by atoms with Gasteiger partial charge in [-0.15, -0.1) is 0 Å². The summed E-state index contributed by atoms with van der Waals surface area (Å²) in [5, 5.41) is 5.65. The maximum atomic E-state index is 12.3. The minimum atomic E-state index is -3.42. The van der Waals surface area contributed by atoms with E-state index in [4.69, 9.17) is 11.6 Å². The van der Waals surface area contributed by atoms with Crippen molar-refractivity contribution in [1.82, 2.24) is 10.6 Å². The second kappa shape index (κ2) is 9.00. The van der Waals surface area contributed by atoms with Gasteiger partial charge in [0.2, 0.25) is 0 Å². The van der Waals surface area contributed by atoms with Crippen LogP contribution in [-0.2, 0) is 16.3 Å². The van der Waals surface area contributed by atoms with E-state index in [1.807, 2.05) is 0 Å². The van der Waals surface area contributed by atoms with E-state index in [-0.39, 0.29) is 17.9 Å². The predicted molar refractivity (Wildman–Crippen MR) is 100.0 cm³/mol. The van der Waals surface area contributed by atoms with Gasteiger partial charge in [0.25, 0.3) is 0 Å². The largest absolute Gasteiger partial charge is 0.336 e. The average Bonchev–Trinajstić information content (AvgIpc) is 2.59. The van der Waals surface area contributed by atoms with Gasteiger partial charge in [0.15, 0.2) is 9.84 Å². The molecule has 1 atom stereocenters. The number of hydrogen-bond acceptors (Lipinski definition) is 3. The Bertz CT molecular complexity index is 874. The van der Waals surface area contributed by atoms with Gasteiger partial charge in [-0.25, -0.2) is 17.6 Å². The Balaban J connectivity index is 2.35. The van der Waals surface area contributed by atoms with Crippen molar-refractivity contribution in [1.29, 1.82) is 0 Å². The molecule has 2 amide bonds. The van der Waals surface area contributed by atoms with Gasteiger partial charge < -0.3 is 10.6 Å². The average molecular weight is 399 g/mol. The summed E-state index contributed by atoms with van der Waals surface area (Å²) in [6.07, 6.45) is 1.38. The fourth-order valence-electron chi connectivity index (χ4n) is 2.60. The first-order valence-corrected chi connectivity index (χ1v) is 10.2. The normalized spacial score (nSPS) is 12.4. The molecule has 2 aromatic carbocycles. The van der Waals surface area contributed by atoms with E-state index in [1.54, 1.807) is 42.5 Å². The molecule has 0 radical (unpaired) electrons. The molecule has 0 saturated carbocycles. The van der Waals surface area contributed by atoms with Gasteiger partial charge in [-0.3, -0.25) is 0 Å². The highest BCUT2D eigenvalue weighted by atomic mass is 35.5. The monoisotopic (exact) mass is 398 g/mol. The molecule has 0 aliphatic heterocycles. The third-order valence-electron chi connectivity index (χ3n) is 3.73. The SMILES string of the molecule is CS(=O)(=O)c1ccccc1CC(NC(=O)NCCF)c1cccc(Cl)c1. The molecule has 2 rings (SSSR count). The molecule has 0 aliphatic rings. The van der Waals surface area contributed by atoms with Crippen LogP contribution in [0.5, 0.6) is 0 Å². The zero-order valence-electron chi connectivity index (χ0n) is 14.2. The van der Waals surface area contributed by atoms with Crippen LogP contribution in [0.4, 0.5) is 9.18 Å². The van der Waals surface area contributed by atoms with E-state index in [1.165, 1.54) is 6.07 Å². The first-order valence-electron chi connectivity index (χ1n) is 7.95. The minimum Gasteiger partial charge on any atom is -0.336 e. The maximum absolute atomic E-state index is 12.3. The van der Waals surface area contributed by atoms with E-state index < -0.39 is 28.6 Å². The van der Waals surface area contributed by atoms with Gasteiger partial charge in [0, 0.05) is 17.8 Å². The highest BCUT2D eigenvalue weighted by Crippen LogP contribution is 2.25. The van der Waals surface area contributed by atoms with Crippen molar-refractivity contribution in [3.63, 3.8) is 0 Å². The Hall–Kier alpha value is -2.12. The lowest BCUT2D eigenvalue weighted by Crippen LogP contribution is -2.39. The predicted octanol–water partition coefficient (Wildman–Crippen LogP) is 3.30. The van der Waals surface area contributed by atoms with Crippen LogP contribution in [0.25, 0.3) is 0 Å². The summed E-state index contributed by atoms with van der Waals surface area (Å²) in [5.41, 5.74) is 1.29. The Morgan fingerprint density at radius 1 is 1.19 bits per heavy atom. The van der Waals surface area contributed by atoms with Crippen molar-refractivity contribution in [3.05, 3.63) is 64.7 Å². The lowest BCUT2D eigenvalue weighted by molar-refractivity contribution is 0.236. The van der Waals surface area contributed by atoms with Gasteiger partial charge in [-0.1, -0.05) is 41.9 Å².